The second-order valence-electron chi connectivity index (χ2n) is 5.16. The molecule has 4 nitrogen and oxygen atoms in total. The van der Waals surface area contributed by atoms with Gasteiger partial charge in [0, 0.05) is 6.42 Å². The summed E-state index contributed by atoms with van der Waals surface area (Å²) in [5.74, 6) is -0.476. The van der Waals surface area contributed by atoms with Gasteiger partial charge in [0.1, 0.15) is 11.1 Å². The number of aromatic carboxylic acids is 1. The molecular formula is C17H15NO3. The lowest BCUT2D eigenvalue weighted by molar-refractivity contribution is 0.0698. The van der Waals surface area contributed by atoms with Crippen molar-refractivity contribution in [1.29, 1.82) is 0 Å². The van der Waals surface area contributed by atoms with Crippen molar-refractivity contribution >= 4 is 17.1 Å². The summed E-state index contributed by atoms with van der Waals surface area (Å²) in [4.78, 5) is 15.5. The molecule has 0 atom stereocenters. The Hall–Kier alpha value is -2.62. The molecule has 4 heteroatoms. The second-order valence-corrected chi connectivity index (χ2v) is 5.16. The Kier molecular flexibility index (Phi) is 3.22. The van der Waals surface area contributed by atoms with Crippen molar-refractivity contribution in [2.75, 3.05) is 0 Å². The molecule has 0 aliphatic heterocycles. The van der Waals surface area contributed by atoms with E-state index < -0.39 is 5.97 Å². The van der Waals surface area contributed by atoms with Gasteiger partial charge in [-0.2, -0.15) is 0 Å². The van der Waals surface area contributed by atoms with Crippen LogP contribution >= 0.6 is 0 Å². The fourth-order valence-corrected chi connectivity index (χ4v) is 2.33. The van der Waals surface area contributed by atoms with Crippen LogP contribution < -0.4 is 0 Å². The van der Waals surface area contributed by atoms with Gasteiger partial charge in [0.25, 0.3) is 0 Å². The number of oxazole rings is 1. The molecule has 1 heterocycles. The number of carboxylic acid groups (broad SMARTS) is 1. The number of aryl methyl sites for hydroxylation is 2. The molecule has 2 aromatic carbocycles. The first kappa shape index (κ1) is 13.4. The van der Waals surface area contributed by atoms with Gasteiger partial charge in [-0.1, -0.05) is 24.3 Å². The van der Waals surface area contributed by atoms with Crippen LogP contribution in [0.25, 0.3) is 11.1 Å². The number of hydrogen-bond donors (Lipinski definition) is 1. The van der Waals surface area contributed by atoms with Gasteiger partial charge >= 0.3 is 5.97 Å². The van der Waals surface area contributed by atoms with E-state index in [0.29, 0.717) is 23.4 Å². The SMILES string of the molecule is Cc1ccc(Cc2nc3cccc(C(=O)O)c3o2)cc1C. The quantitative estimate of drug-likeness (QED) is 0.794. The number of nitrogens with zero attached hydrogens (tertiary/aromatic N) is 1. The largest absolute Gasteiger partial charge is 0.478 e. The average molecular weight is 281 g/mol. The van der Waals surface area contributed by atoms with Crippen LogP contribution in [0.2, 0.25) is 0 Å². The van der Waals surface area contributed by atoms with Crippen LogP contribution in [0.15, 0.2) is 40.8 Å². The third-order valence-electron chi connectivity index (χ3n) is 3.62. The first-order valence-electron chi connectivity index (χ1n) is 6.72. The molecule has 0 spiro atoms. The van der Waals surface area contributed by atoms with E-state index in [-0.39, 0.29) is 5.56 Å². The molecule has 1 N–H and O–H groups in total. The molecule has 0 saturated heterocycles. The number of para-hydroxylation sites is 1. The van der Waals surface area contributed by atoms with Gasteiger partial charge in [0.05, 0.1) is 0 Å². The van der Waals surface area contributed by atoms with Crippen molar-refractivity contribution in [3.8, 4) is 0 Å². The highest BCUT2D eigenvalue weighted by molar-refractivity contribution is 5.99. The molecule has 0 fully saturated rings. The Morgan fingerprint density at radius 1 is 1.19 bits per heavy atom. The summed E-state index contributed by atoms with van der Waals surface area (Å²) in [5, 5.41) is 9.16. The number of fused-ring (bicyclic) bond motifs is 1. The van der Waals surface area contributed by atoms with E-state index in [1.165, 1.54) is 17.2 Å². The van der Waals surface area contributed by atoms with Crippen LogP contribution in [0.3, 0.4) is 0 Å². The maximum absolute atomic E-state index is 11.2. The monoisotopic (exact) mass is 281 g/mol. The maximum Gasteiger partial charge on any atom is 0.339 e. The highest BCUT2D eigenvalue weighted by atomic mass is 16.4. The van der Waals surface area contributed by atoms with Gasteiger partial charge in [0.15, 0.2) is 11.5 Å². The van der Waals surface area contributed by atoms with E-state index in [0.717, 1.165) is 5.56 Å². The molecule has 0 bridgehead atoms. The molecule has 0 aliphatic carbocycles. The predicted octanol–water partition coefficient (Wildman–Crippen LogP) is 3.73. The summed E-state index contributed by atoms with van der Waals surface area (Å²) >= 11 is 0. The summed E-state index contributed by atoms with van der Waals surface area (Å²) in [6, 6.07) is 11.2. The molecule has 0 aliphatic rings. The minimum atomic E-state index is -1.01. The van der Waals surface area contributed by atoms with E-state index in [1.54, 1.807) is 12.1 Å². The fourth-order valence-electron chi connectivity index (χ4n) is 2.33. The molecule has 3 rings (SSSR count). The van der Waals surface area contributed by atoms with Crippen molar-refractivity contribution in [2.24, 2.45) is 0 Å². The van der Waals surface area contributed by atoms with Crippen molar-refractivity contribution < 1.29 is 14.3 Å². The van der Waals surface area contributed by atoms with Crippen LogP contribution in [0.1, 0.15) is 32.9 Å². The number of hydrogen-bond acceptors (Lipinski definition) is 3. The predicted molar refractivity (Wildman–Crippen MR) is 79.7 cm³/mol. The lowest BCUT2D eigenvalue weighted by atomic mass is 10.0. The molecule has 0 amide bonds. The maximum atomic E-state index is 11.2. The Balaban J connectivity index is 1.99. The van der Waals surface area contributed by atoms with E-state index in [9.17, 15) is 4.79 Å². The Morgan fingerprint density at radius 3 is 2.71 bits per heavy atom. The molecular weight excluding hydrogens is 266 g/mol. The lowest BCUT2D eigenvalue weighted by Gasteiger charge is -2.02. The standard InChI is InChI=1S/C17H15NO3/c1-10-6-7-12(8-11(10)2)9-15-18-14-5-3-4-13(17(19)20)16(14)21-15/h3-8H,9H2,1-2H3,(H,19,20). The van der Waals surface area contributed by atoms with Crippen LogP contribution in [-0.2, 0) is 6.42 Å². The first-order chi connectivity index (χ1) is 10.0. The summed E-state index contributed by atoms with van der Waals surface area (Å²) in [6.45, 7) is 4.13. The smallest absolute Gasteiger partial charge is 0.339 e. The van der Waals surface area contributed by atoms with Crippen molar-refractivity contribution in [2.45, 2.75) is 20.3 Å². The highest BCUT2D eigenvalue weighted by Crippen LogP contribution is 2.22. The first-order valence-corrected chi connectivity index (χ1v) is 6.72. The molecule has 1 aromatic heterocycles. The zero-order chi connectivity index (χ0) is 15.0. The number of rotatable bonds is 3. The summed E-state index contributed by atoms with van der Waals surface area (Å²) in [5.41, 5.74) is 4.62. The van der Waals surface area contributed by atoms with Crippen molar-refractivity contribution in [3.63, 3.8) is 0 Å². The summed E-state index contributed by atoms with van der Waals surface area (Å²) in [6.07, 6.45) is 0.550. The summed E-state index contributed by atoms with van der Waals surface area (Å²) < 4.78 is 5.64. The number of carboxylic acids is 1. The minimum absolute atomic E-state index is 0.145. The van der Waals surface area contributed by atoms with Gasteiger partial charge in [-0.05, 0) is 42.7 Å². The fraction of sp³-hybridized carbons (Fsp3) is 0.176. The Labute approximate surface area is 122 Å². The molecule has 21 heavy (non-hydrogen) atoms. The Bertz CT molecular complexity index is 833. The second kappa shape index (κ2) is 5.05. The Morgan fingerprint density at radius 2 is 2.00 bits per heavy atom. The molecule has 106 valence electrons. The molecule has 3 aromatic rings. The zero-order valence-electron chi connectivity index (χ0n) is 11.9. The minimum Gasteiger partial charge on any atom is -0.478 e. The van der Waals surface area contributed by atoms with Crippen molar-refractivity contribution in [3.05, 3.63) is 64.5 Å². The van der Waals surface area contributed by atoms with Crippen molar-refractivity contribution in [1.82, 2.24) is 4.98 Å². The molecule has 0 radical (unpaired) electrons. The van der Waals surface area contributed by atoms with Gasteiger partial charge in [-0.15, -0.1) is 0 Å². The van der Waals surface area contributed by atoms with E-state index in [1.807, 2.05) is 6.07 Å². The third-order valence-corrected chi connectivity index (χ3v) is 3.62. The number of aromatic nitrogens is 1. The third kappa shape index (κ3) is 2.52. The number of carbonyl (C=O) groups is 1. The van der Waals surface area contributed by atoms with E-state index in [2.05, 4.69) is 31.0 Å². The van der Waals surface area contributed by atoms with Gasteiger partial charge < -0.3 is 9.52 Å². The number of benzene rings is 2. The molecule has 0 unspecified atom stereocenters. The molecule has 0 saturated carbocycles. The van der Waals surface area contributed by atoms with Crippen LogP contribution in [0, 0.1) is 13.8 Å². The van der Waals surface area contributed by atoms with Crippen LogP contribution in [0.4, 0.5) is 0 Å². The zero-order valence-corrected chi connectivity index (χ0v) is 11.9. The summed E-state index contributed by atoms with van der Waals surface area (Å²) in [7, 11) is 0. The highest BCUT2D eigenvalue weighted by Gasteiger charge is 2.14. The van der Waals surface area contributed by atoms with E-state index >= 15 is 0 Å². The topological polar surface area (TPSA) is 63.3 Å². The van der Waals surface area contributed by atoms with Crippen LogP contribution in [-0.4, -0.2) is 16.1 Å². The van der Waals surface area contributed by atoms with Gasteiger partial charge in [-0.25, -0.2) is 9.78 Å². The average Bonchev–Trinajstić information content (AvgIpc) is 2.84. The van der Waals surface area contributed by atoms with E-state index in [4.69, 9.17) is 9.52 Å². The lowest BCUT2D eigenvalue weighted by Crippen LogP contribution is -1.95. The van der Waals surface area contributed by atoms with Gasteiger partial charge in [-0.3, -0.25) is 0 Å². The van der Waals surface area contributed by atoms with Gasteiger partial charge in [0.2, 0.25) is 0 Å². The van der Waals surface area contributed by atoms with Crippen LogP contribution in [0.5, 0.6) is 0 Å². The normalized spacial score (nSPS) is 11.0.